The molecule has 0 aliphatic carbocycles. The zero-order chi connectivity index (χ0) is 15.2. The van der Waals surface area contributed by atoms with Gasteiger partial charge in [-0.15, -0.1) is 23.5 Å². The van der Waals surface area contributed by atoms with Crippen LogP contribution in [0.5, 0.6) is 0 Å². The van der Waals surface area contributed by atoms with E-state index in [0.29, 0.717) is 16.1 Å². The molecule has 0 fully saturated rings. The van der Waals surface area contributed by atoms with Gasteiger partial charge in [0.2, 0.25) is 0 Å². The molecule has 0 aromatic heterocycles. The molecular formula is C14H26O4S2. The molecule has 0 bridgehead atoms. The van der Waals surface area contributed by atoms with Crippen molar-refractivity contribution in [3.8, 4) is 0 Å². The molecule has 0 radical (unpaired) electrons. The van der Waals surface area contributed by atoms with Crippen molar-refractivity contribution in [2.24, 2.45) is 0 Å². The number of unbranched alkanes of at least 4 members (excludes halogenated alkanes) is 4. The van der Waals surface area contributed by atoms with Crippen molar-refractivity contribution in [3.05, 3.63) is 0 Å². The third-order valence-electron chi connectivity index (χ3n) is 2.78. The van der Waals surface area contributed by atoms with Gasteiger partial charge in [0.05, 0.1) is 17.4 Å². The van der Waals surface area contributed by atoms with E-state index in [9.17, 15) is 9.59 Å². The Bertz CT molecular complexity index is 252. The highest BCUT2D eigenvalue weighted by Crippen LogP contribution is 2.30. The Morgan fingerprint density at radius 1 is 0.900 bits per heavy atom. The van der Waals surface area contributed by atoms with Crippen LogP contribution >= 0.6 is 23.5 Å². The van der Waals surface area contributed by atoms with E-state index in [2.05, 4.69) is 6.92 Å². The summed E-state index contributed by atoms with van der Waals surface area (Å²) in [5.74, 6) is -0.325. The highest BCUT2D eigenvalue weighted by molar-refractivity contribution is 8.17. The highest BCUT2D eigenvalue weighted by Gasteiger charge is 2.11. The van der Waals surface area contributed by atoms with Crippen LogP contribution in [0.1, 0.15) is 58.3 Å². The lowest BCUT2D eigenvalue weighted by Gasteiger charge is -2.15. The molecule has 0 heterocycles. The molecule has 4 nitrogen and oxygen atoms in total. The summed E-state index contributed by atoms with van der Waals surface area (Å²) in [6.07, 6.45) is 7.50. The molecule has 118 valence electrons. The molecule has 0 aliphatic rings. The maximum absolute atomic E-state index is 10.5. The largest absolute Gasteiger partial charge is 0.481 e. The lowest BCUT2D eigenvalue weighted by Crippen LogP contribution is -2.05. The predicted octanol–water partition coefficient (Wildman–Crippen LogP) is 4.09. The average Bonchev–Trinajstić information content (AvgIpc) is 2.37. The molecule has 0 amide bonds. The van der Waals surface area contributed by atoms with Gasteiger partial charge in [0.1, 0.15) is 0 Å². The fraction of sp³-hybridized carbons (Fsp3) is 0.857. The summed E-state index contributed by atoms with van der Waals surface area (Å²) in [5, 5.41) is 17.3. The molecule has 0 spiro atoms. The second-order valence-electron chi connectivity index (χ2n) is 4.66. The number of carboxylic acids is 2. The van der Waals surface area contributed by atoms with Crippen molar-refractivity contribution in [2.45, 2.75) is 62.9 Å². The van der Waals surface area contributed by atoms with Crippen molar-refractivity contribution in [3.63, 3.8) is 0 Å². The number of aliphatic carboxylic acids is 2. The van der Waals surface area contributed by atoms with E-state index in [4.69, 9.17) is 10.2 Å². The van der Waals surface area contributed by atoms with Gasteiger partial charge in [-0.25, -0.2) is 0 Å². The van der Waals surface area contributed by atoms with Gasteiger partial charge < -0.3 is 10.2 Å². The van der Waals surface area contributed by atoms with Crippen LogP contribution in [0.15, 0.2) is 0 Å². The first-order valence-electron chi connectivity index (χ1n) is 7.23. The lowest BCUT2D eigenvalue weighted by atomic mass is 10.1. The van der Waals surface area contributed by atoms with Gasteiger partial charge in [-0.1, -0.05) is 39.0 Å². The van der Waals surface area contributed by atoms with E-state index >= 15 is 0 Å². The Labute approximate surface area is 130 Å². The standard InChI is InChI=1S/C14H26O4S2/c1-2-3-4-5-6-7-14(19-10-8-12(15)16)20-11-9-13(17)18/h14H,2-11H2,1H3,(H,15,16)(H,17,18). The molecule has 0 unspecified atom stereocenters. The molecule has 0 saturated carbocycles. The van der Waals surface area contributed by atoms with E-state index in [1.165, 1.54) is 25.7 Å². The SMILES string of the molecule is CCCCCCCC(SCCC(=O)O)SCCC(=O)O. The first-order chi connectivity index (χ1) is 9.56. The van der Waals surface area contributed by atoms with Crippen molar-refractivity contribution in [2.75, 3.05) is 11.5 Å². The maximum Gasteiger partial charge on any atom is 0.304 e. The normalized spacial score (nSPS) is 10.9. The Morgan fingerprint density at radius 2 is 1.40 bits per heavy atom. The number of thioether (sulfide) groups is 2. The van der Waals surface area contributed by atoms with Crippen molar-refractivity contribution in [1.29, 1.82) is 0 Å². The Morgan fingerprint density at radius 3 is 1.85 bits per heavy atom. The molecular weight excluding hydrogens is 296 g/mol. The van der Waals surface area contributed by atoms with Crippen LogP contribution in [0.2, 0.25) is 0 Å². The third-order valence-corrected chi connectivity index (χ3v) is 5.69. The molecule has 0 aliphatic heterocycles. The summed E-state index contributed by atoms with van der Waals surface area (Å²) >= 11 is 3.31. The van der Waals surface area contributed by atoms with Gasteiger partial charge in [0.25, 0.3) is 0 Å². The zero-order valence-electron chi connectivity index (χ0n) is 12.2. The summed E-state index contributed by atoms with van der Waals surface area (Å²) < 4.78 is 0.329. The van der Waals surface area contributed by atoms with E-state index < -0.39 is 11.9 Å². The number of hydrogen-bond acceptors (Lipinski definition) is 4. The monoisotopic (exact) mass is 322 g/mol. The average molecular weight is 322 g/mol. The molecule has 6 heteroatoms. The fourth-order valence-electron chi connectivity index (χ4n) is 1.68. The Balaban J connectivity index is 3.84. The minimum absolute atomic E-state index is 0.177. The van der Waals surface area contributed by atoms with Gasteiger partial charge in [-0.2, -0.15) is 0 Å². The number of rotatable bonds is 14. The van der Waals surface area contributed by atoms with E-state index in [1.807, 2.05) is 0 Å². The summed E-state index contributed by atoms with van der Waals surface area (Å²) in [4.78, 5) is 21.0. The molecule has 0 saturated heterocycles. The first kappa shape index (κ1) is 19.6. The second-order valence-corrected chi connectivity index (χ2v) is 7.58. The smallest absolute Gasteiger partial charge is 0.304 e. The molecule has 0 rings (SSSR count). The van der Waals surface area contributed by atoms with Gasteiger partial charge in [-0.05, 0) is 6.42 Å². The van der Waals surface area contributed by atoms with Crippen LogP contribution in [-0.2, 0) is 9.59 Å². The van der Waals surface area contributed by atoms with Crippen molar-refractivity contribution >= 4 is 35.5 Å². The second kappa shape index (κ2) is 13.6. The summed E-state index contributed by atoms with van der Waals surface area (Å²) in [6, 6.07) is 0. The van der Waals surface area contributed by atoms with Gasteiger partial charge >= 0.3 is 11.9 Å². The third kappa shape index (κ3) is 14.1. The van der Waals surface area contributed by atoms with E-state index in [1.54, 1.807) is 23.5 Å². The van der Waals surface area contributed by atoms with Crippen molar-refractivity contribution in [1.82, 2.24) is 0 Å². The fourth-order valence-corrected chi connectivity index (χ4v) is 4.42. The van der Waals surface area contributed by atoms with Crippen molar-refractivity contribution < 1.29 is 19.8 Å². The van der Waals surface area contributed by atoms with Crippen LogP contribution < -0.4 is 0 Å². The van der Waals surface area contributed by atoms with Gasteiger partial charge in [0, 0.05) is 11.5 Å². The zero-order valence-corrected chi connectivity index (χ0v) is 13.8. The Hall–Kier alpha value is -0.360. The topological polar surface area (TPSA) is 74.6 Å². The predicted molar refractivity (Wildman–Crippen MR) is 86.6 cm³/mol. The lowest BCUT2D eigenvalue weighted by molar-refractivity contribution is -0.137. The molecule has 0 atom stereocenters. The summed E-state index contributed by atoms with van der Waals surface area (Å²) in [6.45, 7) is 2.19. The quantitative estimate of drug-likeness (QED) is 0.370. The van der Waals surface area contributed by atoms with Crippen LogP contribution in [-0.4, -0.2) is 38.2 Å². The minimum Gasteiger partial charge on any atom is -0.481 e. The molecule has 2 N–H and O–H groups in total. The first-order valence-corrected chi connectivity index (χ1v) is 9.32. The number of hydrogen-bond donors (Lipinski definition) is 2. The highest BCUT2D eigenvalue weighted by atomic mass is 32.2. The molecule has 20 heavy (non-hydrogen) atoms. The van der Waals surface area contributed by atoms with Crippen LogP contribution in [0.25, 0.3) is 0 Å². The number of carbonyl (C=O) groups is 2. The molecule has 0 aromatic rings. The maximum atomic E-state index is 10.5. The van der Waals surface area contributed by atoms with Crippen LogP contribution in [0.3, 0.4) is 0 Å². The van der Waals surface area contributed by atoms with Crippen LogP contribution in [0, 0.1) is 0 Å². The van der Waals surface area contributed by atoms with E-state index in [-0.39, 0.29) is 12.8 Å². The summed E-state index contributed by atoms with van der Waals surface area (Å²) in [5.41, 5.74) is 0. The van der Waals surface area contributed by atoms with E-state index in [0.717, 1.165) is 12.8 Å². The Kier molecular flexibility index (Phi) is 13.4. The summed E-state index contributed by atoms with van der Waals surface area (Å²) in [7, 11) is 0. The van der Waals surface area contributed by atoms with Gasteiger partial charge in [0.15, 0.2) is 0 Å². The number of carboxylic acid groups (broad SMARTS) is 2. The minimum atomic E-state index is -0.769. The van der Waals surface area contributed by atoms with Gasteiger partial charge in [-0.3, -0.25) is 9.59 Å². The molecule has 0 aromatic carbocycles. The van der Waals surface area contributed by atoms with Crippen LogP contribution in [0.4, 0.5) is 0 Å².